The average molecular weight is 333 g/mol. The molecule has 1 aromatic carbocycles. The molecule has 23 heavy (non-hydrogen) atoms. The van der Waals surface area contributed by atoms with Crippen molar-refractivity contribution in [2.24, 2.45) is 0 Å². The van der Waals surface area contributed by atoms with E-state index in [1.54, 1.807) is 6.07 Å². The smallest absolute Gasteiger partial charge is 0.267 e. The molecule has 6 heteroatoms. The van der Waals surface area contributed by atoms with Crippen molar-refractivity contribution in [3.63, 3.8) is 0 Å². The molecule has 4 nitrogen and oxygen atoms in total. The first kappa shape index (κ1) is 16.1. The summed E-state index contributed by atoms with van der Waals surface area (Å²) in [4.78, 5) is 17.4. The molecule has 2 aromatic rings. The normalized spacial score (nSPS) is 13.7. The van der Waals surface area contributed by atoms with Gasteiger partial charge in [-0.15, -0.1) is 11.3 Å². The number of nitrogens with one attached hydrogen (secondary N) is 2. The molecule has 0 atom stereocenters. The highest BCUT2D eigenvalue weighted by Crippen LogP contribution is 2.26. The molecular formula is C17H20FN3OS. The minimum atomic E-state index is -0.312. The van der Waals surface area contributed by atoms with E-state index in [4.69, 9.17) is 0 Å². The van der Waals surface area contributed by atoms with Gasteiger partial charge in [-0.3, -0.25) is 4.79 Å². The van der Waals surface area contributed by atoms with Crippen molar-refractivity contribution in [2.45, 2.75) is 39.7 Å². The van der Waals surface area contributed by atoms with E-state index in [1.807, 2.05) is 13.0 Å². The van der Waals surface area contributed by atoms with Gasteiger partial charge in [-0.05, 0) is 49.9 Å². The van der Waals surface area contributed by atoms with Gasteiger partial charge in [0.25, 0.3) is 5.91 Å². The van der Waals surface area contributed by atoms with Crippen LogP contribution in [0.15, 0.2) is 12.1 Å². The number of nitrogens with zero attached hydrogens (tertiary/aromatic N) is 1. The Morgan fingerprint density at radius 2 is 2.30 bits per heavy atom. The van der Waals surface area contributed by atoms with Gasteiger partial charge < -0.3 is 10.6 Å². The number of benzene rings is 1. The van der Waals surface area contributed by atoms with Gasteiger partial charge >= 0.3 is 0 Å². The van der Waals surface area contributed by atoms with E-state index in [0.717, 1.165) is 30.0 Å². The predicted octanol–water partition coefficient (Wildman–Crippen LogP) is 3.44. The zero-order valence-electron chi connectivity index (χ0n) is 13.3. The van der Waals surface area contributed by atoms with Crippen molar-refractivity contribution in [2.75, 3.05) is 11.9 Å². The number of aromatic nitrogens is 1. The molecule has 1 aromatic heterocycles. The van der Waals surface area contributed by atoms with Gasteiger partial charge in [-0.2, -0.15) is 0 Å². The predicted molar refractivity (Wildman–Crippen MR) is 90.6 cm³/mol. The number of hydrogen-bond donors (Lipinski definition) is 2. The Labute approximate surface area is 139 Å². The van der Waals surface area contributed by atoms with Crippen molar-refractivity contribution in [3.05, 3.63) is 44.7 Å². The Morgan fingerprint density at radius 3 is 3.09 bits per heavy atom. The van der Waals surface area contributed by atoms with E-state index in [9.17, 15) is 9.18 Å². The fraction of sp³-hybridized carbons (Fsp3) is 0.412. The van der Waals surface area contributed by atoms with Gasteiger partial charge in [-0.25, -0.2) is 9.37 Å². The second-order valence-electron chi connectivity index (χ2n) is 5.72. The molecule has 1 aliphatic heterocycles. The maximum atomic E-state index is 14.6. The van der Waals surface area contributed by atoms with Gasteiger partial charge in [0.1, 0.15) is 10.7 Å². The Balaban J connectivity index is 1.83. The second-order valence-corrected chi connectivity index (χ2v) is 6.80. The summed E-state index contributed by atoms with van der Waals surface area (Å²) in [6.45, 7) is 5.33. The Bertz CT molecular complexity index is 742. The lowest BCUT2D eigenvalue weighted by molar-refractivity contribution is 0.102. The monoisotopic (exact) mass is 333 g/mol. The third-order valence-corrected chi connectivity index (χ3v) is 5.18. The van der Waals surface area contributed by atoms with E-state index in [0.29, 0.717) is 29.1 Å². The van der Waals surface area contributed by atoms with Crippen molar-refractivity contribution in [1.29, 1.82) is 0 Å². The quantitative estimate of drug-likeness (QED) is 0.901. The average Bonchev–Trinajstić information content (AvgIpc) is 2.91. The molecule has 0 fully saturated rings. The lowest BCUT2D eigenvalue weighted by Gasteiger charge is -2.19. The van der Waals surface area contributed by atoms with Crippen LogP contribution < -0.4 is 10.6 Å². The molecule has 2 heterocycles. The molecule has 2 N–H and O–H groups in total. The summed E-state index contributed by atoms with van der Waals surface area (Å²) in [6, 6.07) is 3.52. The van der Waals surface area contributed by atoms with Crippen LogP contribution >= 0.6 is 11.3 Å². The number of halogens is 1. The summed E-state index contributed by atoms with van der Waals surface area (Å²) in [7, 11) is 0. The van der Waals surface area contributed by atoms with Crippen LogP contribution in [0.5, 0.6) is 0 Å². The van der Waals surface area contributed by atoms with E-state index < -0.39 is 0 Å². The number of rotatable bonds is 4. The van der Waals surface area contributed by atoms with Crippen LogP contribution in [-0.2, 0) is 19.4 Å². The Hall–Kier alpha value is -1.79. The van der Waals surface area contributed by atoms with E-state index in [2.05, 4.69) is 22.5 Å². The van der Waals surface area contributed by atoms with Crippen molar-refractivity contribution in [3.8, 4) is 0 Å². The minimum Gasteiger partial charge on any atom is -0.319 e. The number of fused-ring (bicyclic) bond motifs is 1. The van der Waals surface area contributed by atoms with Gasteiger partial charge in [0, 0.05) is 6.54 Å². The van der Waals surface area contributed by atoms with E-state index >= 15 is 0 Å². The van der Waals surface area contributed by atoms with Gasteiger partial charge in [0.05, 0.1) is 16.4 Å². The lowest BCUT2D eigenvalue weighted by atomic mass is 9.99. The summed E-state index contributed by atoms with van der Waals surface area (Å²) in [5.74, 6) is -0.594. The number of carbonyl (C=O) groups is 1. The highest BCUT2D eigenvalue weighted by Gasteiger charge is 2.20. The van der Waals surface area contributed by atoms with Crippen LogP contribution in [0, 0.1) is 12.7 Å². The summed E-state index contributed by atoms with van der Waals surface area (Å²) in [5, 5.41) is 6.88. The van der Waals surface area contributed by atoms with Crippen molar-refractivity contribution in [1.82, 2.24) is 10.3 Å². The van der Waals surface area contributed by atoms with Gasteiger partial charge in [-0.1, -0.05) is 13.0 Å². The molecule has 0 bridgehead atoms. The molecule has 1 amide bonds. The molecule has 0 saturated carbocycles. The molecule has 0 radical (unpaired) electrons. The van der Waals surface area contributed by atoms with E-state index in [1.165, 1.54) is 11.3 Å². The first-order valence-corrected chi connectivity index (χ1v) is 8.70. The summed E-state index contributed by atoms with van der Waals surface area (Å²) < 4.78 is 14.6. The van der Waals surface area contributed by atoms with Crippen molar-refractivity contribution >= 4 is 22.9 Å². The van der Waals surface area contributed by atoms with Crippen LogP contribution in [0.25, 0.3) is 0 Å². The molecule has 1 aliphatic rings. The number of anilines is 1. The largest absolute Gasteiger partial charge is 0.319 e. The summed E-state index contributed by atoms with van der Waals surface area (Å²) in [6.07, 6.45) is 2.49. The van der Waals surface area contributed by atoms with Crippen LogP contribution in [0.2, 0.25) is 0 Å². The molecule has 0 unspecified atom stereocenters. The van der Waals surface area contributed by atoms with Crippen LogP contribution in [0.4, 0.5) is 10.1 Å². The highest BCUT2D eigenvalue weighted by atomic mass is 32.1. The van der Waals surface area contributed by atoms with E-state index in [-0.39, 0.29) is 17.4 Å². The molecule has 0 aliphatic carbocycles. The standard InChI is InChI=1S/C17H20FN3OS/c1-3-4-14-20-10(2)16(23-14)17(22)21-13-6-5-11-9-19-8-7-12(11)15(13)18/h5-6,19H,3-4,7-9H2,1-2H3,(H,21,22). The maximum absolute atomic E-state index is 14.6. The Kier molecular flexibility index (Phi) is 4.73. The zero-order chi connectivity index (χ0) is 16.4. The van der Waals surface area contributed by atoms with Gasteiger partial charge in [0.2, 0.25) is 0 Å². The highest BCUT2D eigenvalue weighted by molar-refractivity contribution is 7.13. The third kappa shape index (κ3) is 3.28. The number of amides is 1. The number of thiazole rings is 1. The Morgan fingerprint density at radius 1 is 1.48 bits per heavy atom. The number of carbonyl (C=O) groups excluding carboxylic acids is 1. The molecular weight excluding hydrogens is 313 g/mol. The van der Waals surface area contributed by atoms with Crippen LogP contribution in [0.3, 0.4) is 0 Å². The fourth-order valence-corrected chi connectivity index (χ4v) is 3.85. The fourth-order valence-electron chi connectivity index (χ4n) is 2.79. The van der Waals surface area contributed by atoms with Crippen LogP contribution in [-0.4, -0.2) is 17.4 Å². The molecule has 122 valence electrons. The number of aryl methyl sites for hydroxylation is 2. The topological polar surface area (TPSA) is 54.0 Å². The first-order chi connectivity index (χ1) is 11.1. The zero-order valence-corrected chi connectivity index (χ0v) is 14.1. The molecule has 0 spiro atoms. The maximum Gasteiger partial charge on any atom is 0.267 e. The summed E-state index contributed by atoms with van der Waals surface area (Å²) in [5.41, 5.74) is 2.62. The van der Waals surface area contributed by atoms with Crippen molar-refractivity contribution < 1.29 is 9.18 Å². The summed E-state index contributed by atoms with van der Waals surface area (Å²) >= 11 is 1.39. The second kappa shape index (κ2) is 6.76. The van der Waals surface area contributed by atoms with Gasteiger partial charge in [0.15, 0.2) is 0 Å². The van der Waals surface area contributed by atoms with Crippen LogP contribution in [0.1, 0.15) is 44.8 Å². The number of hydrogen-bond acceptors (Lipinski definition) is 4. The minimum absolute atomic E-state index is 0.250. The lowest BCUT2D eigenvalue weighted by Crippen LogP contribution is -2.25. The third-order valence-electron chi connectivity index (χ3n) is 3.97. The SMILES string of the molecule is CCCc1nc(C)c(C(=O)Nc2ccc3c(c2F)CCNC3)s1. The first-order valence-electron chi connectivity index (χ1n) is 7.88. The molecule has 0 saturated heterocycles. The molecule has 3 rings (SSSR count).